The minimum Gasteiger partial charge on any atom is -0.379 e. The lowest BCUT2D eigenvalue weighted by Gasteiger charge is -2.33. The molecule has 33 heavy (non-hydrogen) atoms. The number of morpholine rings is 1. The molecule has 1 aromatic carbocycles. The van der Waals surface area contributed by atoms with Gasteiger partial charge in [-0.25, -0.2) is 19.9 Å². The van der Waals surface area contributed by atoms with E-state index < -0.39 is 0 Å². The van der Waals surface area contributed by atoms with E-state index in [4.69, 9.17) is 36.3 Å². The van der Waals surface area contributed by atoms with Crippen LogP contribution in [-0.2, 0) is 4.74 Å². The molecule has 5 rings (SSSR count). The molecule has 174 valence electrons. The van der Waals surface area contributed by atoms with Crippen molar-refractivity contribution in [2.24, 2.45) is 0 Å². The van der Waals surface area contributed by atoms with Crippen LogP contribution in [0.3, 0.4) is 0 Å². The number of piperazine rings is 1. The van der Waals surface area contributed by atoms with Gasteiger partial charge in [-0.15, -0.1) is 0 Å². The van der Waals surface area contributed by atoms with Gasteiger partial charge in [-0.3, -0.25) is 4.90 Å². The fourth-order valence-corrected chi connectivity index (χ4v) is 4.38. The van der Waals surface area contributed by atoms with Gasteiger partial charge in [0, 0.05) is 57.9 Å². The fourth-order valence-electron chi connectivity index (χ4n) is 4.13. The molecule has 2 fully saturated rings. The summed E-state index contributed by atoms with van der Waals surface area (Å²) in [5.74, 6) is 1.97. The molecule has 0 spiro atoms. The molecule has 2 saturated heterocycles. The summed E-state index contributed by atoms with van der Waals surface area (Å²) in [6.45, 7) is 8.73. The number of likely N-dealkylation sites (N-methyl/N-ethyl adjacent to an activating group) is 1. The van der Waals surface area contributed by atoms with Crippen LogP contribution in [0.2, 0.25) is 5.15 Å². The Morgan fingerprint density at radius 1 is 0.939 bits per heavy atom. The molecule has 1 N–H and O–H groups in total. The number of benzene rings is 1. The normalized spacial score (nSPS) is 18.1. The second-order valence-electron chi connectivity index (χ2n) is 8.44. The van der Waals surface area contributed by atoms with Crippen LogP contribution in [0, 0.1) is 0 Å². The first-order valence-electron chi connectivity index (χ1n) is 11.5. The maximum absolute atomic E-state index is 6.62. The quantitative estimate of drug-likeness (QED) is 0.585. The van der Waals surface area contributed by atoms with Crippen molar-refractivity contribution < 1.29 is 4.74 Å². The average Bonchev–Trinajstić information content (AvgIpc) is 2.85. The first kappa shape index (κ1) is 22.2. The molecule has 0 amide bonds. The van der Waals surface area contributed by atoms with Crippen LogP contribution in [-0.4, -0.2) is 102 Å². The lowest BCUT2D eigenvalue weighted by atomic mass is 10.2. The number of nitrogens with zero attached hydrogens (tertiary/aromatic N) is 7. The summed E-state index contributed by atoms with van der Waals surface area (Å²) in [5, 5.41) is 3.85. The Morgan fingerprint density at radius 2 is 1.70 bits per heavy atom. The van der Waals surface area contributed by atoms with Gasteiger partial charge in [-0.2, -0.15) is 0 Å². The lowest BCUT2D eigenvalue weighted by Crippen LogP contribution is -2.45. The van der Waals surface area contributed by atoms with Gasteiger partial charge < -0.3 is 19.9 Å². The summed E-state index contributed by atoms with van der Waals surface area (Å²) in [7, 11) is 2.12. The van der Waals surface area contributed by atoms with Crippen molar-refractivity contribution in [3.05, 3.63) is 35.5 Å². The number of halogens is 1. The van der Waals surface area contributed by atoms with Crippen molar-refractivity contribution in [3.8, 4) is 11.4 Å². The maximum atomic E-state index is 6.62. The van der Waals surface area contributed by atoms with Crippen molar-refractivity contribution in [3.63, 3.8) is 0 Å². The molecule has 0 radical (unpaired) electrons. The van der Waals surface area contributed by atoms with Crippen molar-refractivity contribution in [1.82, 2.24) is 29.7 Å². The number of hydrogen-bond acceptors (Lipinski definition) is 9. The molecule has 4 heterocycles. The molecule has 9 nitrogen and oxygen atoms in total. The molecule has 2 aliphatic heterocycles. The van der Waals surface area contributed by atoms with Crippen LogP contribution in [0.4, 0.5) is 11.6 Å². The third-order valence-corrected chi connectivity index (χ3v) is 6.38. The summed E-state index contributed by atoms with van der Waals surface area (Å²) in [5.41, 5.74) is 2.09. The van der Waals surface area contributed by atoms with E-state index >= 15 is 0 Å². The van der Waals surface area contributed by atoms with Crippen LogP contribution >= 0.6 is 11.6 Å². The second-order valence-corrected chi connectivity index (χ2v) is 8.80. The summed E-state index contributed by atoms with van der Waals surface area (Å²) in [6, 6.07) is 9.96. The monoisotopic (exact) mass is 468 g/mol. The molecule has 0 unspecified atom stereocenters. The molecule has 0 aliphatic carbocycles. The van der Waals surface area contributed by atoms with E-state index in [0.717, 1.165) is 71.1 Å². The largest absolute Gasteiger partial charge is 0.379 e. The third kappa shape index (κ3) is 5.16. The highest BCUT2D eigenvalue weighted by molar-refractivity contribution is 6.32. The molecule has 3 aromatic rings. The number of hydrogen-bond donors (Lipinski definition) is 1. The van der Waals surface area contributed by atoms with Crippen molar-refractivity contribution in [2.45, 2.75) is 0 Å². The van der Waals surface area contributed by atoms with Crippen LogP contribution in [0.1, 0.15) is 0 Å². The molecular formula is C23H29ClN8O. The lowest BCUT2D eigenvalue weighted by molar-refractivity contribution is 0.0398. The van der Waals surface area contributed by atoms with Gasteiger partial charge in [0.2, 0.25) is 0 Å². The van der Waals surface area contributed by atoms with Crippen molar-refractivity contribution in [1.29, 1.82) is 0 Å². The number of fused-ring (bicyclic) bond motifs is 1. The van der Waals surface area contributed by atoms with Crippen LogP contribution in [0.5, 0.6) is 0 Å². The summed E-state index contributed by atoms with van der Waals surface area (Å²) in [4.78, 5) is 26.0. The molecular weight excluding hydrogens is 440 g/mol. The molecule has 2 aliphatic rings. The number of anilines is 2. The zero-order valence-corrected chi connectivity index (χ0v) is 19.6. The molecule has 0 bridgehead atoms. The highest BCUT2D eigenvalue weighted by atomic mass is 35.5. The van der Waals surface area contributed by atoms with E-state index in [9.17, 15) is 0 Å². The number of aromatic nitrogens is 4. The van der Waals surface area contributed by atoms with Gasteiger partial charge in [0.15, 0.2) is 33.8 Å². The predicted molar refractivity (Wildman–Crippen MR) is 131 cm³/mol. The first-order chi connectivity index (χ1) is 16.2. The summed E-state index contributed by atoms with van der Waals surface area (Å²) < 4.78 is 5.44. The van der Waals surface area contributed by atoms with Gasteiger partial charge in [0.05, 0.1) is 13.2 Å². The van der Waals surface area contributed by atoms with E-state index in [0.29, 0.717) is 33.8 Å². The Kier molecular flexibility index (Phi) is 6.82. The number of ether oxygens (including phenoxy) is 1. The average molecular weight is 469 g/mol. The standard InChI is InChI=1S/C23H29ClN8O/c1-30-9-11-32(12-10-30)23-19(24)26-18-21(25-7-8-31-13-15-33-16-14-31)27-20(28-22(18)29-23)17-5-3-2-4-6-17/h2-6H,7-16H2,1H3,(H,25,27,28,29). The van der Waals surface area contributed by atoms with Crippen molar-refractivity contribution >= 4 is 34.4 Å². The zero-order valence-electron chi connectivity index (χ0n) is 18.9. The van der Waals surface area contributed by atoms with Crippen molar-refractivity contribution in [2.75, 3.05) is 82.8 Å². The van der Waals surface area contributed by atoms with Gasteiger partial charge in [-0.05, 0) is 7.05 Å². The van der Waals surface area contributed by atoms with Crippen LogP contribution < -0.4 is 10.2 Å². The Bertz CT molecular complexity index is 1080. The summed E-state index contributed by atoms with van der Waals surface area (Å²) in [6.07, 6.45) is 0. The fraction of sp³-hybridized carbons (Fsp3) is 0.478. The minimum atomic E-state index is 0.388. The van der Waals surface area contributed by atoms with E-state index in [1.54, 1.807) is 0 Å². The Labute approximate surface area is 198 Å². The maximum Gasteiger partial charge on any atom is 0.186 e. The zero-order chi connectivity index (χ0) is 22.6. The van der Waals surface area contributed by atoms with E-state index in [1.165, 1.54) is 0 Å². The van der Waals surface area contributed by atoms with E-state index in [2.05, 4.69) is 27.1 Å². The van der Waals surface area contributed by atoms with E-state index in [1.807, 2.05) is 30.3 Å². The topological polar surface area (TPSA) is 82.5 Å². The van der Waals surface area contributed by atoms with Crippen LogP contribution in [0.25, 0.3) is 22.6 Å². The van der Waals surface area contributed by atoms with Gasteiger partial charge in [0.25, 0.3) is 0 Å². The first-order valence-corrected chi connectivity index (χ1v) is 11.8. The van der Waals surface area contributed by atoms with Crippen LogP contribution in [0.15, 0.2) is 30.3 Å². The molecule has 0 saturated carbocycles. The molecule has 2 aromatic heterocycles. The van der Waals surface area contributed by atoms with Gasteiger partial charge in [0.1, 0.15) is 0 Å². The highest BCUT2D eigenvalue weighted by Crippen LogP contribution is 2.29. The predicted octanol–water partition coefficient (Wildman–Crippen LogP) is 2.24. The number of nitrogens with one attached hydrogen (secondary N) is 1. The second kappa shape index (κ2) is 10.1. The molecule has 10 heteroatoms. The smallest absolute Gasteiger partial charge is 0.186 e. The Hall–Kier alpha value is -2.59. The SMILES string of the molecule is CN1CCN(c2nc3nc(-c4ccccc4)nc(NCCN4CCOCC4)c3nc2Cl)CC1. The summed E-state index contributed by atoms with van der Waals surface area (Å²) >= 11 is 6.62. The number of rotatable bonds is 6. The Morgan fingerprint density at radius 3 is 2.45 bits per heavy atom. The Balaban J connectivity index is 1.47. The minimum absolute atomic E-state index is 0.388. The van der Waals surface area contributed by atoms with Gasteiger partial charge >= 0.3 is 0 Å². The molecule has 0 atom stereocenters. The van der Waals surface area contributed by atoms with E-state index in [-0.39, 0.29) is 0 Å². The highest BCUT2D eigenvalue weighted by Gasteiger charge is 2.22. The van der Waals surface area contributed by atoms with Gasteiger partial charge in [-0.1, -0.05) is 41.9 Å². The third-order valence-electron chi connectivity index (χ3n) is 6.13.